The van der Waals surface area contributed by atoms with Crippen LogP contribution in [0.25, 0.3) is 4.85 Å². The lowest BCUT2D eigenvalue weighted by Gasteiger charge is -1.79. The number of hydrogen-bond donors (Lipinski definition) is 0. The minimum absolute atomic E-state index is 0.519. The van der Waals surface area contributed by atoms with Crippen LogP contribution in [0.15, 0.2) is 5.38 Å². The molecule has 3 nitrogen and oxygen atoms in total. The number of rotatable bonds is 2. The van der Waals surface area contributed by atoms with Gasteiger partial charge in [-0.3, -0.25) is 0 Å². The highest BCUT2D eigenvalue weighted by atomic mass is 32.1. The van der Waals surface area contributed by atoms with Crippen LogP contribution in [0.5, 0.6) is 0 Å². The third-order valence-corrected chi connectivity index (χ3v) is 1.44. The van der Waals surface area contributed by atoms with E-state index in [1.807, 2.05) is 5.38 Å². The summed E-state index contributed by atoms with van der Waals surface area (Å²) in [6.45, 7) is 7.00. The Balaban J connectivity index is 2.41. The van der Waals surface area contributed by atoms with Crippen LogP contribution >= 0.6 is 11.5 Å². The van der Waals surface area contributed by atoms with Crippen LogP contribution in [0.4, 0.5) is 0 Å². The van der Waals surface area contributed by atoms with Crippen molar-refractivity contribution in [3.63, 3.8) is 0 Å². The highest BCUT2D eigenvalue weighted by Crippen LogP contribution is 1.97. The summed E-state index contributed by atoms with van der Waals surface area (Å²) in [7, 11) is 0. The Bertz CT molecular complexity index is 198. The molecule has 0 bridgehead atoms. The molecular formula is C5H5N3S. The summed E-state index contributed by atoms with van der Waals surface area (Å²) in [5.74, 6) is 0. The van der Waals surface area contributed by atoms with Crippen LogP contribution in [0.3, 0.4) is 0 Å². The van der Waals surface area contributed by atoms with Crippen molar-refractivity contribution in [2.24, 2.45) is 0 Å². The SMILES string of the molecule is [C-]#[N+]CCc1csnn1. The Labute approximate surface area is 57.3 Å². The zero-order valence-electron chi connectivity index (χ0n) is 4.74. The summed E-state index contributed by atoms with van der Waals surface area (Å²) in [5.41, 5.74) is 0.927. The highest BCUT2D eigenvalue weighted by Gasteiger charge is 1.95. The molecule has 0 amide bonds. The van der Waals surface area contributed by atoms with Gasteiger partial charge in [-0.1, -0.05) is 4.49 Å². The first-order chi connectivity index (χ1) is 4.43. The van der Waals surface area contributed by atoms with Crippen LogP contribution < -0.4 is 0 Å². The average molecular weight is 139 g/mol. The van der Waals surface area contributed by atoms with Crippen molar-refractivity contribution in [1.29, 1.82) is 0 Å². The van der Waals surface area contributed by atoms with Gasteiger partial charge in [-0.2, -0.15) is 0 Å². The van der Waals surface area contributed by atoms with Crippen molar-refractivity contribution >= 4 is 11.5 Å². The topological polar surface area (TPSA) is 30.1 Å². The first kappa shape index (κ1) is 6.17. The lowest BCUT2D eigenvalue weighted by molar-refractivity contribution is 0.965. The van der Waals surface area contributed by atoms with Crippen molar-refractivity contribution in [3.05, 3.63) is 22.5 Å². The van der Waals surface area contributed by atoms with Crippen molar-refractivity contribution in [1.82, 2.24) is 9.59 Å². The van der Waals surface area contributed by atoms with E-state index in [4.69, 9.17) is 6.57 Å². The van der Waals surface area contributed by atoms with E-state index in [1.54, 1.807) is 0 Å². The average Bonchev–Trinajstić information content (AvgIpc) is 2.34. The second-order valence-corrected chi connectivity index (χ2v) is 2.14. The van der Waals surface area contributed by atoms with Gasteiger partial charge < -0.3 is 4.85 Å². The summed E-state index contributed by atoms with van der Waals surface area (Å²) in [6.07, 6.45) is 0.736. The normalized spacial score (nSPS) is 8.78. The molecule has 1 rings (SSSR count). The van der Waals surface area contributed by atoms with Gasteiger partial charge in [0, 0.05) is 5.38 Å². The van der Waals surface area contributed by atoms with Crippen molar-refractivity contribution in [2.45, 2.75) is 6.42 Å². The maximum absolute atomic E-state index is 6.49. The van der Waals surface area contributed by atoms with Crippen LogP contribution in [-0.2, 0) is 6.42 Å². The maximum atomic E-state index is 6.49. The number of aromatic nitrogens is 2. The monoisotopic (exact) mass is 139 g/mol. The Morgan fingerprint density at radius 1 is 1.78 bits per heavy atom. The van der Waals surface area contributed by atoms with Crippen LogP contribution in [0, 0.1) is 6.57 Å². The van der Waals surface area contributed by atoms with Crippen molar-refractivity contribution in [3.8, 4) is 0 Å². The van der Waals surface area contributed by atoms with Crippen LogP contribution in [-0.4, -0.2) is 16.1 Å². The Hall–Kier alpha value is -0.950. The molecule has 0 saturated heterocycles. The predicted molar refractivity (Wildman–Crippen MR) is 35.1 cm³/mol. The van der Waals surface area contributed by atoms with E-state index >= 15 is 0 Å². The fourth-order valence-electron chi connectivity index (χ4n) is 0.463. The molecule has 1 aromatic heterocycles. The fourth-order valence-corrected chi connectivity index (χ4v) is 0.949. The van der Waals surface area contributed by atoms with Crippen LogP contribution in [0.1, 0.15) is 5.69 Å². The summed E-state index contributed by atoms with van der Waals surface area (Å²) in [5, 5.41) is 5.65. The van der Waals surface area contributed by atoms with Gasteiger partial charge in [0.05, 0.1) is 12.1 Å². The summed E-state index contributed by atoms with van der Waals surface area (Å²) in [6, 6.07) is 0. The molecule has 0 radical (unpaired) electrons. The Kier molecular flexibility index (Phi) is 2.16. The second-order valence-electron chi connectivity index (χ2n) is 1.53. The van der Waals surface area contributed by atoms with E-state index in [-0.39, 0.29) is 0 Å². The van der Waals surface area contributed by atoms with Gasteiger partial charge in [-0.15, -0.1) is 5.10 Å². The second kappa shape index (κ2) is 3.15. The molecule has 46 valence electrons. The Morgan fingerprint density at radius 2 is 2.67 bits per heavy atom. The summed E-state index contributed by atoms with van der Waals surface area (Å²) in [4.78, 5) is 3.20. The van der Waals surface area contributed by atoms with Gasteiger partial charge in [0.1, 0.15) is 0 Å². The van der Waals surface area contributed by atoms with Gasteiger partial charge in [0.25, 0.3) is 0 Å². The molecule has 0 fully saturated rings. The molecule has 0 aliphatic carbocycles. The molecule has 1 heterocycles. The van der Waals surface area contributed by atoms with E-state index in [2.05, 4.69) is 14.4 Å². The van der Waals surface area contributed by atoms with Crippen molar-refractivity contribution < 1.29 is 0 Å². The van der Waals surface area contributed by atoms with Gasteiger partial charge in [0.2, 0.25) is 6.54 Å². The standard InChI is InChI=1S/C5H5N3S/c1-6-3-2-5-4-9-8-7-5/h4H,2-3H2. The number of hydrogen-bond acceptors (Lipinski definition) is 3. The molecule has 0 N–H and O–H groups in total. The molecule has 1 aromatic rings. The molecule has 4 heteroatoms. The fraction of sp³-hybridized carbons (Fsp3) is 0.400. The largest absolute Gasteiger partial charge is 0.317 e. The number of nitrogens with zero attached hydrogens (tertiary/aromatic N) is 3. The van der Waals surface area contributed by atoms with E-state index in [1.165, 1.54) is 11.5 Å². The third kappa shape index (κ3) is 1.78. The molecule has 0 atom stereocenters. The van der Waals surface area contributed by atoms with Gasteiger partial charge in [-0.25, -0.2) is 6.57 Å². The van der Waals surface area contributed by atoms with E-state index in [0.717, 1.165) is 12.1 Å². The highest BCUT2D eigenvalue weighted by molar-refractivity contribution is 7.03. The maximum Gasteiger partial charge on any atom is 0.220 e. The Morgan fingerprint density at radius 3 is 3.22 bits per heavy atom. The quantitative estimate of drug-likeness (QED) is 0.572. The van der Waals surface area contributed by atoms with Crippen LogP contribution in [0.2, 0.25) is 0 Å². The van der Waals surface area contributed by atoms with E-state index in [0.29, 0.717) is 6.54 Å². The summed E-state index contributed by atoms with van der Waals surface area (Å²) >= 11 is 1.33. The molecule has 9 heavy (non-hydrogen) atoms. The minimum atomic E-state index is 0.519. The van der Waals surface area contributed by atoms with Gasteiger partial charge in [-0.05, 0) is 11.5 Å². The van der Waals surface area contributed by atoms with Crippen molar-refractivity contribution in [2.75, 3.05) is 6.54 Å². The van der Waals surface area contributed by atoms with E-state index in [9.17, 15) is 0 Å². The van der Waals surface area contributed by atoms with Gasteiger partial charge in [0.15, 0.2) is 0 Å². The molecule has 0 saturated carbocycles. The molecule has 0 spiro atoms. The molecular weight excluding hydrogens is 134 g/mol. The first-order valence-electron chi connectivity index (χ1n) is 2.52. The zero-order valence-corrected chi connectivity index (χ0v) is 5.56. The van der Waals surface area contributed by atoms with Gasteiger partial charge >= 0.3 is 0 Å². The lowest BCUT2D eigenvalue weighted by Crippen LogP contribution is -1.86. The zero-order chi connectivity index (χ0) is 6.53. The molecule has 0 unspecified atom stereocenters. The molecule has 0 aliphatic heterocycles. The minimum Gasteiger partial charge on any atom is -0.317 e. The molecule has 0 aromatic carbocycles. The lowest BCUT2D eigenvalue weighted by atomic mass is 10.3. The summed E-state index contributed by atoms with van der Waals surface area (Å²) < 4.78 is 3.66. The predicted octanol–water partition coefficient (Wildman–Crippen LogP) is 1.000. The van der Waals surface area contributed by atoms with E-state index < -0.39 is 0 Å². The first-order valence-corrected chi connectivity index (χ1v) is 3.36. The smallest absolute Gasteiger partial charge is 0.220 e. The third-order valence-electron chi connectivity index (χ3n) is 0.885. The molecule has 0 aliphatic rings.